The largest absolute Gasteiger partial charge is 0.460 e. The molecule has 56 heavy (non-hydrogen) atoms. The van der Waals surface area contributed by atoms with Crippen LogP contribution in [0, 0.1) is 33.5 Å². The lowest BCUT2D eigenvalue weighted by atomic mass is 9.46. The standard InChI is InChI=1S/C44H68O12/c1-9-37(7,32(46)55-43-18-28-14-39(23-43,22-40(49,15-28)25-43)34(48)54-35(2,3)4)21-38(8,20-36(5,6)31(45)53-30-12-10-11-13-52-30)33(47)56-44-19-29-16-41(50,26-44)24-42(51,17-29)27-44/h28-30,49-51H,9-27H2,1-8H3. The van der Waals surface area contributed by atoms with E-state index in [9.17, 15) is 34.5 Å². The Labute approximate surface area is 332 Å². The molecule has 9 rings (SSSR count). The molecule has 3 N–H and O–H groups in total. The summed E-state index contributed by atoms with van der Waals surface area (Å²) in [5.74, 6) is -2.02. The molecule has 0 aromatic rings. The quantitative estimate of drug-likeness (QED) is 0.148. The van der Waals surface area contributed by atoms with Gasteiger partial charge in [-0.25, -0.2) is 0 Å². The molecule has 1 aliphatic heterocycles. The monoisotopic (exact) mass is 788 g/mol. The summed E-state index contributed by atoms with van der Waals surface area (Å²) in [6.07, 6.45) is 6.67. The maximum atomic E-state index is 14.9. The third-order valence-electron chi connectivity index (χ3n) is 14.7. The second-order valence-electron chi connectivity index (χ2n) is 22.5. The molecule has 12 nitrogen and oxygen atoms in total. The summed E-state index contributed by atoms with van der Waals surface area (Å²) < 4.78 is 30.6. The highest BCUT2D eigenvalue weighted by Gasteiger charge is 2.69. The minimum absolute atomic E-state index is 0.0113. The van der Waals surface area contributed by atoms with Gasteiger partial charge < -0.3 is 39.0 Å². The molecule has 8 saturated carbocycles. The van der Waals surface area contributed by atoms with Crippen molar-refractivity contribution in [2.24, 2.45) is 33.5 Å². The van der Waals surface area contributed by atoms with Gasteiger partial charge in [-0.05, 0) is 137 Å². The predicted molar refractivity (Wildman–Crippen MR) is 202 cm³/mol. The molecule has 0 aromatic heterocycles. The Morgan fingerprint density at radius 1 is 0.643 bits per heavy atom. The van der Waals surface area contributed by atoms with Gasteiger partial charge in [0.15, 0.2) is 0 Å². The number of hydrogen-bond acceptors (Lipinski definition) is 12. The zero-order valence-corrected chi connectivity index (χ0v) is 35.2. The van der Waals surface area contributed by atoms with E-state index in [2.05, 4.69) is 0 Å². The summed E-state index contributed by atoms with van der Waals surface area (Å²) in [6.45, 7) is 14.8. The number of rotatable bonds is 12. The van der Waals surface area contributed by atoms with E-state index < -0.39 is 79.5 Å². The minimum atomic E-state index is -1.42. The summed E-state index contributed by atoms with van der Waals surface area (Å²) in [5, 5.41) is 34.9. The van der Waals surface area contributed by atoms with Gasteiger partial charge in [-0.2, -0.15) is 0 Å². The Hall–Kier alpha value is -2.28. The van der Waals surface area contributed by atoms with Crippen molar-refractivity contribution in [1.82, 2.24) is 0 Å². The van der Waals surface area contributed by atoms with Crippen LogP contribution in [-0.4, -0.2) is 85.7 Å². The summed E-state index contributed by atoms with van der Waals surface area (Å²) in [5.41, 5.74) is -11.2. The van der Waals surface area contributed by atoms with E-state index in [0.717, 1.165) is 12.8 Å². The van der Waals surface area contributed by atoms with Gasteiger partial charge in [-0.15, -0.1) is 0 Å². The first-order chi connectivity index (χ1) is 25.7. The number of aliphatic hydroxyl groups is 3. The molecule has 1 heterocycles. The SMILES string of the molecule is CCC(C)(CC(C)(CC(C)(C)C(=O)OC1CCCCO1)C(=O)OC12CC3CC(O)(CC(O)(C3)C1)C2)C(=O)OC12CC3CC(O)(C1)CC(C(=O)OC(C)(C)C)(C3)C2. The van der Waals surface area contributed by atoms with Gasteiger partial charge >= 0.3 is 23.9 Å². The normalized spacial score (nSPS) is 42.0. The Morgan fingerprint density at radius 2 is 1.18 bits per heavy atom. The van der Waals surface area contributed by atoms with Gasteiger partial charge in [0.2, 0.25) is 6.29 Å². The van der Waals surface area contributed by atoms with Gasteiger partial charge in [0.05, 0.1) is 45.1 Å². The Bertz CT molecular complexity index is 1590. The van der Waals surface area contributed by atoms with Crippen molar-refractivity contribution in [3.05, 3.63) is 0 Å². The molecule has 1 saturated heterocycles. The summed E-state index contributed by atoms with van der Waals surface area (Å²) in [4.78, 5) is 57.4. The van der Waals surface area contributed by atoms with Gasteiger partial charge in [0.25, 0.3) is 0 Å². The fourth-order valence-electron chi connectivity index (χ4n) is 13.6. The van der Waals surface area contributed by atoms with Gasteiger partial charge in [-0.3, -0.25) is 19.2 Å². The number of ether oxygens (including phenoxy) is 5. The lowest BCUT2D eigenvalue weighted by Crippen LogP contribution is -2.67. The van der Waals surface area contributed by atoms with Crippen LogP contribution in [0.1, 0.15) is 171 Å². The van der Waals surface area contributed by atoms with E-state index in [0.29, 0.717) is 58.0 Å². The lowest BCUT2D eigenvalue weighted by Gasteiger charge is -2.63. The molecule has 9 atom stereocenters. The second kappa shape index (κ2) is 13.4. The van der Waals surface area contributed by atoms with Crippen molar-refractivity contribution in [1.29, 1.82) is 0 Å². The Balaban J connectivity index is 1.16. The molecule has 8 aliphatic carbocycles. The van der Waals surface area contributed by atoms with Crippen LogP contribution in [0.2, 0.25) is 0 Å². The lowest BCUT2D eigenvalue weighted by molar-refractivity contribution is -0.265. The first-order valence-corrected chi connectivity index (χ1v) is 21.4. The molecule has 12 heteroatoms. The van der Waals surface area contributed by atoms with Crippen molar-refractivity contribution in [3.63, 3.8) is 0 Å². The van der Waals surface area contributed by atoms with Gasteiger partial charge in [-0.1, -0.05) is 6.92 Å². The Morgan fingerprint density at radius 3 is 1.68 bits per heavy atom. The number of carbonyl (C=O) groups is 4. The van der Waals surface area contributed by atoms with Gasteiger partial charge in [0.1, 0.15) is 16.8 Å². The maximum absolute atomic E-state index is 14.9. The Kier molecular flexibility index (Phi) is 9.99. The third kappa shape index (κ3) is 7.91. The molecule has 0 aromatic carbocycles. The number of esters is 4. The zero-order chi connectivity index (χ0) is 41.0. The molecule has 0 radical (unpaired) electrons. The van der Waals surface area contributed by atoms with E-state index in [1.807, 2.05) is 27.7 Å². The summed E-state index contributed by atoms with van der Waals surface area (Å²) >= 11 is 0. The minimum Gasteiger partial charge on any atom is -0.460 e. The molecule has 9 fully saturated rings. The molecule has 0 spiro atoms. The van der Waals surface area contributed by atoms with Crippen molar-refractivity contribution in [3.8, 4) is 0 Å². The van der Waals surface area contributed by atoms with E-state index in [4.69, 9.17) is 23.7 Å². The maximum Gasteiger partial charge on any atom is 0.313 e. The van der Waals surface area contributed by atoms with Crippen LogP contribution in [0.5, 0.6) is 0 Å². The number of carbonyl (C=O) groups excluding carboxylic acids is 4. The average Bonchev–Trinajstić information content (AvgIpc) is 3.00. The zero-order valence-electron chi connectivity index (χ0n) is 35.2. The van der Waals surface area contributed by atoms with Crippen molar-refractivity contribution >= 4 is 23.9 Å². The molecule has 9 unspecified atom stereocenters. The highest BCUT2D eigenvalue weighted by atomic mass is 16.7. The van der Waals surface area contributed by atoms with E-state index >= 15 is 0 Å². The third-order valence-corrected chi connectivity index (χ3v) is 14.7. The topological polar surface area (TPSA) is 175 Å². The molecular weight excluding hydrogens is 720 g/mol. The summed E-state index contributed by atoms with van der Waals surface area (Å²) in [6, 6.07) is 0. The fourth-order valence-corrected chi connectivity index (χ4v) is 13.6. The van der Waals surface area contributed by atoms with Crippen LogP contribution in [-0.2, 0) is 42.9 Å². The van der Waals surface area contributed by atoms with Crippen LogP contribution in [0.15, 0.2) is 0 Å². The smallest absolute Gasteiger partial charge is 0.313 e. The van der Waals surface area contributed by atoms with E-state index in [1.54, 1.807) is 27.7 Å². The van der Waals surface area contributed by atoms with Crippen LogP contribution in [0.3, 0.4) is 0 Å². The highest BCUT2D eigenvalue weighted by Crippen LogP contribution is 2.66. The van der Waals surface area contributed by atoms with Crippen molar-refractivity contribution in [2.45, 2.75) is 211 Å². The molecule has 316 valence electrons. The number of hydrogen-bond donors (Lipinski definition) is 3. The van der Waals surface area contributed by atoms with Crippen LogP contribution in [0.25, 0.3) is 0 Å². The molecule has 8 bridgehead atoms. The van der Waals surface area contributed by atoms with Crippen LogP contribution >= 0.6 is 0 Å². The van der Waals surface area contributed by atoms with Crippen molar-refractivity contribution < 1.29 is 58.2 Å². The first kappa shape index (κ1) is 41.9. The molecule has 0 amide bonds. The second-order valence-corrected chi connectivity index (χ2v) is 22.5. The van der Waals surface area contributed by atoms with Crippen LogP contribution in [0.4, 0.5) is 0 Å². The van der Waals surface area contributed by atoms with Gasteiger partial charge in [0, 0.05) is 38.5 Å². The fraction of sp³-hybridized carbons (Fsp3) is 0.909. The molecular formula is C44H68O12. The average molecular weight is 789 g/mol. The van der Waals surface area contributed by atoms with Crippen LogP contribution < -0.4 is 0 Å². The van der Waals surface area contributed by atoms with E-state index in [1.165, 1.54) is 0 Å². The van der Waals surface area contributed by atoms with Crippen molar-refractivity contribution in [2.75, 3.05) is 6.61 Å². The first-order valence-electron chi connectivity index (χ1n) is 21.4. The predicted octanol–water partition coefficient (Wildman–Crippen LogP) is 6.37. The summed E-state index contributed by atoms with van der Waals surface area (Å²) in [7, 11) is 0. The highest BCUT2D eigenvalue weighted by molar-refractivity contribution is 5.83. The molecule has 9 aliphatic rings. The van der Waals surface area contributed by atoms with E-state index in [-0.39, 0.29) is 69.2 Å².